The van der Waals surface area contributed by atoms with Crippen molar-refractivity contribution >= 4 is 0 Å². The van der Waals surface area contributed by atoms with Gasteiger partial charge >= 0.3 is 0 Å². The molecule has 1 aromatic rings. The molecule has 0 radical (unpaired) electrons. The van der Waals surface area contributed by atoms with Crippen LogP contribution in [-0.4, -0.2) is 12.2 Å². The summed E-state index contributed by atoms with van der Waals surface area (Å²) >= 11 is 0. The first kappa shape index (κ1) is 13.7. The monoisotopic (exact) mass is 272 g/mol. The third-order valence-electron chi connectivity index (χ3n) is 5.38. The highest BCUT2D eigenvalue weighted by Crippen LogP contribution is 2.62. The van der Waals surface area contributed by atoms with E-state index in [0.717, 1.165) is 36.1 Å². The molecular formula is C18H24O2. The lowest BCUT2D eigenvalue weighted by atomic mass is 9.69. The number of hydrogen-bond acceptors (Lipinski definition) is 2. The van der Waals surface area contributed by atoms with Gasteiger partial charge < -0.3 is 9.84 Å². The van der Waals surface area contributed by atoms with Gasteiger partial charge in [-0.1, -0.05) is 31.9 Å². The Morgan fingerprint density at radius 1 is 1.35 bits per heavy atom. The predicted molar refractivity (Wildman–Crippen MR) is 80.9 cm³/mol. The van der Waals surface area contributed by atoms with E-state index in [9.17, 15) is 5.11 Å². The molecule has 2 atom stereocenters. The first-order chi connectivity index (χ1) is 9.57. The van der Waals surface area contributed by atoms with Crippen molar-refractivity contribution in [1.29, 1.82) is 0 Å². The molecule has 0 fully saturated rings. The quantitative estimate of drug-likeness (QED) is 0.840. The molecule has 2 heteroatoms. The molecule has 108 valence electrons. The van der Waals surface area contributed by atoms with Gasteiger partial charge in [-0.25, -0.2) is 0 Å². The number of rotatable bonds is 4. The molecule has 2 nitrogen and oxygen atoms in total. The van der Waals surface area contributed by atoms with Gasteiger partial charge in [0.2, 0.25) is 0 Å². The van der Waals surface area contributed by atoms with Crippen LogP contribution in [0.25, 0.3) is 0 Å². The molecule has 0 saturated heterocycles. The Labute approximate surface area is 121 Å². The molecule has 0 bridgehead atoms. The zero-order valence-corrected chi connectivity index (χ0v) is 12.7. The Kier molecular flexibility index (Phi) is 3.17. The highest BCUT2D eigenvalue weighted by atomic mass is 16.5. The number of ether oxygens (including phenoxy) is 1. The summed E-state index contributed by atoms with van der Waals surface area (Å²) < 4.78 is 5.34. The minimum Gasteiger partial charge on any atom is -0.497 e. The van der Waals surface area contributed by atoms with Crippen molar-refractivity contribution in [2.45, 2.75) is 51.6 Å². The average Bonchev–Trinajstić information content (AvgIpc) is 2.85. The van der Waals surface area contributed by atoms with E-state index in [4.69, 9.17) is 4.74 Å². The maximum atomic E-state index is 11.5. The van der Waals surface area contributed by atoms with Crippen molar-refractivity contribution in [3.8, 4) is 5.75 Å². The summed E-state index contributed by atoms with van der Waals surface area (Å²) in [6, 6.07) is 6.13. The van der Waals surface area contributed by atoms with Gasteiger partial charge in [0, 0.05) is 5.41 Å². The van der Waals surface area contributed by atoms with Crippen LogP contribution in [0.1, 0.15) is 50.7 Å². The first-order valence-electron chi connectivity index (χ1n) is 7.64. The van der Waals surface area contributed by atoms with Crippen LogP contribution >= 0.6 is 0 Å². The third kappa shape index (κ3) is 1.61. The first-order valence-corrected chi connectivity index (χ1v) is 7.64. The number of methoxy groups -OCH3 is 1. The van der Waals surface area contributed by atoms with Crippen molar-refractivity contribution in [2.24, 2.45) is 5.41 Å². The van der Waals surface area contributed by atoms with E-state index in [-0.39, 0.29) is 5.41 Å². The van der Waals surface area contributed by atoms with Gasteiger partial charge in [0.15, 0.2) is 0 Å². The molecule has 2 aliphatic rings. The highest BCUT2D eigenvalue weighted by molar-refractivity contribution is 5.52. The molecule has 0 spiro atoms. The van der Waals surface area contributed by atoms with Crippen LogP contribution in [0.4, 0.5) is 0 Å². The second-order valence-electron chi connectivity index (χ2n) is 6.39. The summed E-state index contributed by atoms with van der Waals surface area (Å²) in [5.41, 5.74) is 2.69. The van der Waals surface area contributed by atoms with Crippen molar-refractivity contribution in [3.63, 3.8) is 0 Å². The van der Waals surface area contributed by atoms with Crippen LogP contribution in [0, 0.1) is 5.41 Å². The van der Waals surface area contributed by atoms with Crippen LogP contribution in [0.3, 0.4) is 0 Å². The second kappa shape index (κ2) is 4.63. The fraction of sp³-hybridized carbons (Fsp3) is 0.556. The lowest BCUT2D eigenvalue weighted by molar-refractivity contribution is -0.0385. The topological polar surface area (TPSA) is 29.5 Å². The molecule has 20 heavy (non-hydrogen) atoms. The molecule has 0 amide bonds. The molecule has 2 unspecified atom stereocenters. The summed E-state index contributed by atoms with van der Waals surface area (Å²) in [4.78, 5) is 0. The van der Waals surface area contributed by atoms with E-state index >= 15 is 0 Å². The maximum absolute atomic E-state index is 11.5. The highest BCUT2D eigenvalue weighted by Gasteiger charge is 2.59. The Hall–Kier alpha value is -1.28. The summed E-state index contributed by atoms with van der Waals surface area (Å²) in [5, 5.41) is 11.5. The average molecular weight is 272 g/mol. The number of aliphatic hydroxyl groups is 1. The normalized spacial score (nSPS) is 30.9. The van der Waals surface area contributed by atoms with Gasteiger partial charge in [-0.05, 0) is 55.0 Å². The Balaban J connectivity index is 2.08. The van der Waals surface area contributed by atoms with Crippen molar-refractivity contribution in [3.05, 3.63) is 41.0 Å². The van der Waals surface area contributed by atoms with Gasteiger partial charge in [-0.2, -0.15) is 0 Å². The lowest BCUT2D eigenvalue weighted by Gasteiger charge is -2.39. The molecule has 3 rings (SSSR count). The molecule has 0 heterocycles. The summed E-state index contributed by atoms with van der Waals surface area (Å²) in [6.07, 6.45) is 7.63. The van der Waals surface area contributed by atoms with Gasteiger partial charge in [0.25, 0.3) is 0 Å². The van der Waals surface area contributed by atoms with Crippen LogP contribution in [0.15, 0.2) is 29.8 Å². The molecular weight excluding hydrogens is 248 g/mol. The largest absolute Gasteiger partial charge is 0.497 e. The molecule has 1 N–H and O–H groups in total. The minimum absolute atomic E-state index is 0.0260. The summed E-state index contributed by atoms with van der Waals surface area (Å²) in [5.74, 6) is 0.889. The van der Waals surface area contributed by atoms with Gasteiger partial charge in [0.05, 0.1) is 7.11 Å². The standard InChI is InChI=1S/C18H24O2/c1-4-5-9-17-10-8-13(2)18(17,19)16-7-6-15(20-3)11-14(16)12-17/h6-8,11,19H,4-5,9-10,12H2,1-3H3. The maximum Gasteiger partial charge on any atom is 0.119 e. The zero-order valence-electron chi connectivity index (χ0n) is 12.7. The molecule has 0 aliphatic heterocycles. The lowest BCUT2D eigenvalue weighted by Crippen LogP contribution is -2.40. The number of unbranched alkanes of at least 4 members (excludes halogenated alkanes) is 1. The fourth-order valence-electron chi connectivity index (χ4n) is 4.21. The number of hydrogen-bond donors (Lipinski definition) is 1. The second-order valence-corrected chi connectivity index (χ2v) is 6.39. The summed E-state index contributed by atoms with van der Waals surface area (Å²) in [6.45, 7) is 4.29. The van der Waals surface area contributed by atoms with Crippen LogP contribution in [0.5, 0.6) is 5.75 Å². The molecule has 1 aromatic carbocycles. The Morgan fingerprint density at radius 3 is 2.85 bits per heavy atom. The van der Waals surface area contributed by atoms with Crippen molar-refractivity contribution in [2.75, 3.05) is 7.11 Å². The fourth-order valence-corrected chi connectivity index (χ4v) is 4.21. The zero-order chi connectivity index (χ0) is 14.4. The smallest absolute Gasteiger partial charge is 0.119 e. The van der Waals surface area contributed by atoms with Gasteiger partial charge in [-0.15, -0.1) is 0 Å². The van der Waals surface area contributed by atoms with E-state index in [2.05, 4.69) is 32.1 Å². The van der Waals surface area contributed by atoms with Crippen LogP contribution < -0.4 is 4.74 Å². The Bertz CT molecular complexity index is 561. The van der Waals surface area contributed by atoms with Gasteiger partial charge in [0.1, 0.15) is 11.4 Å². The predicted octanol–water partition coefficient (Wildman–Crippen LogP) is 3.97. The Morgan fingerprint density at radius 2 is 2.15 bits per heavy atom. The molecule has 0 saturated carbocycles. The van der Waals surface area contributed by atoms with Gasteiger partial charge in [-0.3, -0.25) is 0 Å². The van der Waals surface area contributed by atoms with Crippen LogP contribution in [0.2, 0.25) is 0 Å². The number of allylic oxidation sites excluding steroid dienone is 1. The van der Waals surface area contributed by atoms with E-state index in [0.29, 0.717) is 0 Å². The van der Waals surface area contributed by atoms with E-state index in [1.54, 1.807) is 7.11 Å². The van der Waals surface area contributed by atoms with Crippen LogP contribution in [-0.2, 0) is 12.0 Å². The van der Waals surface area contributed by atoms with E-state index in [1.807, 2.05) is 6.07 Å². The van der Waals surface area contributed by atoms with Crippen molar-refractivity contribution < 1.29 is 9.84 Å². The SMILES string of the molecule is CCCCC12CC=C(C)C1(O)c1ccc(OC)cc1C2. The van der Waals surface area contributed by atoms with E-state index < -0.39 is 5.60 Å². The number of fused-ring (bicyclic) bond motifs is 3. The number of benzene rings is 1. The molecule has 2 aliphatic carbocycles. The third-order valence-corrected chi connectivity index (χ3v) is 5.38. The summed E-state index contributed by atoms with van der Waals surface area (Å²) in [7, 11) is 1.70. The van der Waals surface area contributed by atoms with Crippen molar-refractivity contribution in [1.82, 2.24) is 0 Å². The van der Waals surface area contributed by atoms with E-state index in [1.165, 1.54) is 18.4 Å². The minimum atomic E-state index is -0.760. The molecule has 0 aromatic heterocycles.